The molecule has 1 aliphatic rings. The molecule has 3 aromatic heterocycles. The first-order chi connectivity index (χ1) is 16.4. The Morgan fingerprint density at radius 3 is 2.85 bits per heavy atom. The number of pyridine rings is 1. The monoisotopic (exact) mass is 463 g/mol. The second kappa shape index (κ2) is 8.57. The van der Waals surface area contributed by atoms with Crippen LogP contribution in [0.3, 0.4) is 0 Å². The van der Waals surface area contributed by atoms with Gasteiger partial charge in [-0.3, -0.25) is 19.5 Å². The summed E-state index contributed by atoms with van der Waals surface area (Å²) < 4.78 is 12.3. The number of benzene rings is 1. The molecule has 1 aliphatic heterocycles. The van der Waals surface area contributed by atoms with E-state index in [4.69, 9.17) is 15.0 Å². The van der Waals surface area contributed by atoms with E-state index in [9.17, 15) is 14.7 Å². The second-order valence-electron chi connectivity index (χ2n) is 7.85. The maximum atomic E-state index is 13.2. The Labute approximate surface area is 192 Å². The van der Waals surface area contributed by atoms with Crippen LogP contribution >= 0.6 is 0 Å². The van der Waals surface area contributed by atoms with Crippen molar-refractivity contribution in [1.82, 2.24) is 19.9 Å². The summed E-state index contributed by atoms with van der Waals surface area (Å²) in [7, 11) is 0. The average Bonchev–Trinajstić information content (AvgIpc) is 3.47. The van der Waals surface area contributed by atoms with E-state index in [1.165, 1.54) is 11.0 Å². The first kappa shape index (κ1) is 21.6. The summed E-state index contributed by atoms with van der Waals surface area (Å²) in [6, 6.07) is 9.98. The Morgan fingerprint density at radius 2 is 2.06 bits per heavy atom. The van der Waals surface area contributed by atoms with Crippen LogP contribution in [0.2, 0.25) is 0 Å². The summed E-state index contributed by atoms with van der Waals surface area (Å²) in [4.78, 5) is 31.3. The highest BCUT2D eigenvalue weighted by Gasteiger charge is 2.42. The van der Waals surface area contributed by atoms with Gasteiger partial charge < -0.3 is 25.4 Å². The third-order valence-electron chi connectivity index (χ3n) is 5.43. The number of carbonyl (C=O) groups is 2. The third kappa shape index (κ3) is 3.95. The van der Waals surface area contributed by atoms with Gasteiger partial charge in [-0.1, -0.05) is 5.16 Å². The van der Waals surface area contributed by atoms with Crippen LogP contribution in [0.5, 0.6) is 0 Å². The lowest BCUT2D eigenvalue weighted by Crippen LogP contribution is -2.58. The number of ether oxygens (including phenoxy) is 1. The predicted molar refractivity (Wildman–Crippen MR) is 121 cm³/mol. The Morgan fingerprint density at radius 1 is 1.26 bits per heavy atom. The van der Waals surface area contributed by atoms with Crippen molar-refractivity contribution in [3.8, 4) is 5.69 Å². The molecule has 1 saturated heterocycles. The van der Waals surface area contributed by atoms with E-state index in [1.54, 1.807) is 60.5 Å². The van der Waals surface area contributed by atoms with Gasteiger partial charge in [0.1, 0.15) is 0 Å². The largest absolute Gasteiger partial charge is 0.380 e. The van der Waals surface area contributed by atoms with Crippen molar-refractivity contribution in [2.24, 2.45) is 0 Å². The molecule has 1 fully saturated rings. The van der Waals surface area contributed by atoms with Crippen LogP contribution in [-0.4, -0.2) is 61.7 Å². The lowest BCUT2D eigenvalue weighted by molar-refractivity contribution is -0.156. The number of carbonyl (C=O) groups excluding carboxylic acids is 2. The molecule has 4 aromatic rings. The molecule has 0 saturated carbocycles. The van der Waals surface area contributed by atoms with E-state index in [0.717, 1.165) is 5.69 Å². The highest BCUT2D eigenvalue weighted by molar-refractivity contribution is 6.04. The van der Waals surface area contributed by atoms with Gasteiger partial charge in [-0.2, -0.15) is 0 Å². The predicted octanol–water partition coefficient (Wildman–Crippen LogP) is 1.11. The van der Waals surface area contributed by atoms with Crippen molar-refractivity contribution in [2.75, 3.05) is 22.5 Å². The number of rotatable bonds is 5. The van der Waals surface area contributed by atoms with Gasteiger partial charge in [0.15, 0.2) is 29.4 Å². The lowest BCUT2D eigenvalue weighted by Gasteiger charge is -2.36. The van der Waals surface area contributed by atoms with Gasteiger partial charge in [0.2, 0.25) is 0 Å². The number of morpholine rings is 1. The van der Waals surface area contributed by atoms with Crippen molar-refractivity contribution >= 4 is 40.1 Å². The molecule has 0 radical (unpaired) electrons. The molecule has 174 valence electrons. The summed E-state index contributed by atoms with van der Waals surface area (Å²) in [5.41, 5.74) is 7.19. The normalized spacial score (nSPS) is 19.4. The first-order valence-electron chi connectivity index (χ1n) is 10.5. The van der Waals surface area contributed by atoms with Crippen molar-refractivity contribution in [1.29, 1.82) is 0 Å². The summed E-state index contributed by atoms with van der Waals surface area (Å²) >= 11 is 0. The number of aromatic nitrogens is 4. The number of amides is 2. The van der Waals surface area contributed by atoms with Gasteiger partial charge in [-0.05, 0) is 31.2 Å². The molecule has 0 bridgehead atoms. The highest BCUT2D eigenvalue weighted by Crippen LogP contribution is 2.25. The summed E-state index contributed by atoms with van der Waals surface area (Å²) in [6.45, 7) is 1.97. The zero-order valence-electron chi connectivity index (χ0n) is 18.0. The average molecular weight is 463 g/mol. The van der Waals surface area contributed by atoms with Crippen molar-refractivity contribution in [2.45, 2.75) is 25.2 Å². The summed E-state index contributed by atoms with van der Waals surface area (Å²) in [5, 5.41) is 22.0. The topological polar surface area (TPSA) is 162 Å². The molecule has 0 spiro atoms. The molecule has 5 rings (SSSR count). The van der Waals surface area contributed by atoms with Crippen LogP contribution in [0.15, 0.2) is 59.5 Å². The van der Waals surface area contributed by atoms with Crippen LogP contribution in [0.25, 0.3) is 16.7 Å². The Bertz CT molecular complexity index is 1350. The maximum absolute atomic E-state index is 13.2. The number of aliphatic hydroxyl groups is 1. The fourth-order valence-electron chi connectivity index (χ4n) is 3.76. The molecule has 0 aliphatic carbocycles. The molecule has 4 N–H and O–H groups in total. The van der Waals surface area contributed by atoms with Gasteiger partial charge in [0.25, 0.3) is 11.8 Å². The van der Waals surface area contributed by atoms with Crippen LogP contribution in [-0.2, 0) is 14.3 Å². The van der Waals surface area contributed by atoms with Crippen LogP contribution in [0.4, 0.5) is 17.3 Å². The first-order valence-corrected chi connectivity index (χ1v) is 10.5. The lowest BCUT2D eigenvalue weighted by atomic mass is 10.1. The zero-order chi connectivity index (χ0) is 23.8. The van der Waals surface area contributed by atoms with Gasteiger partial charge in [0, 0.05) is 36.4 Å². The number of anilines is 3. The molecule has 12 nitrogen and oxygen atoms in total. The molecular formula is C22H21N7O5. The van der Waals surface area contributed by atoms with E-state index >= 15 is 0 Å². The SMILES string of the molecule is C[C@@H]1CN(c2ccn(-c3ccncc3)n2)C(=O)[C@@H](C(O)C(=O)Nc2ccc3c(N)noc3c2)O1. The number of hydrogen-bond donors (Lipinski definition) is 3. The minimum atomic E-state index is -1.75. The standard InChI is InChI=1S/C22H21N7O5/c1-12-11-28(17-6-9-29(26-17)14-4-7-24-8-5-14)22(32)19(33-12)18(30)21(31)25-13-2-3-15-16(10-13)34-27-20(15)23/h2-10,12,18-19,30H,11H2,1H3,(H2,23,27)(H,25,31)/t12-,18?,19-/m1/s1. The number of nitrogens with zero attached hydrogens (tertiary/aromatic N) is 5. The van der Waals surface area contributed by atoms with Crippen LogP contribution < -0.4 is 16.0 Å². The van der Waals surface area contributed by atoms with E-state index in [0.29, 0.717) is 22.5 Å². The van der Waals surface area contributed by atoms with Gasteiger partial charge in [-0.15, -0.1) is 5.10 Å². The maximum Gasteiger partial charge on any atom is 0.260 e. The zero-order valence-corrected chi connectivity index (χ0v) is 18.0. The van der Waals surface area contributed by atoms with Gasteiger partial charge in [-0.25, -0.2) is 4.68 Å². The smallest absolute Gasteiger partial charge is 0.260 e. The number of nitrogens with one attached hydrogen (secondary N) is 1. The Balaban J connectivity index is 1.33. The third-order valence-corrected chi connectivity index (χ3v) is 5.43. The van der Waals surface area contributed by atoms with Crippen LogP contribution in [0.1, 0.15) is 6.92 Å². The minimum absolute atomic E-state index is 0.223. The highest BCUT2D eigenvalue weighted by atomic mass is 16.5. The number of hydrogen-bond acceptors (Lipinski definition) is 9. The summed E-state index contributed by atoms with van der Waals surface area (Å²) in [5.74, 6) is -0.766. The molecular weight excluding hydrogens is 442 g/mol. The molecule has 1 unspecified atom stereocenters. The number of nitrogens with two attached hydrogens (primary N) is 1. The van der Waals surface area contributed by atoms with E-state index < -0.39 is 30.1 Å². The number of aliphatic hydroxyl groups excluding tert-OH is 1. The molecule has 12 heteroatoms. The number of nitrogen functional groups attached to an aromatic ring is 1. The quantitative estimate of drug-likeness (QED) is 0.394. The number of fused-ring (bicyclic) bond motifs is 1. The van der Waals surface area contributed by atoms with Crippen LogP contribution in [0, 0.1) is 0 Å². The van der Waals surface area contributed by atoms with E-state index in [2.05, 4.69) is 20.6 Å². The van der Waals surface area contributed by atoms with Gasteiger partial charge >= 0.3 is 0 Å². The minimum Gasteiger partial charge on any atom is -0.380 e. The fraction of sp³-hybridized carbons (Fsp3) is 0.227. The van der Waals surface area contributed by atoms with E-state index in [-0.39, 0.29) is 12.4 Å². The molecule has 4 heterocycles. The molecule has 34 heavy (non-hydrogen) atoms. The Hall–Kier alpha value is -4.29. The fourth-order valence-corrected chi connectivity index (χ4v) is 3.76. The molecule has 3 atom stereocenters. The van der Waals surface area contributed by atoms with Crippen molar-refractivity contribution in [3.63, 3.8) is 0 Å². The summed E-state index contributed by atoms with van der Waals surface area (Å²) in [6.07, 6.45) is 1.39. The van der Waals surface area contributed by atoms with Crippen molar-refractivity contribution in [3.05, 3.63) is 55.0 Å². The van der Waals surface area contributed by atoms with Gasteiger partial charge in [0.05, 0.1) is 23.7 Å². The molecule has 1 aromatic carbocycles. The van der Waals surface area contributed by atoms with E-state index in [1.807, 2.05) is 0 Å². The molecule has 2 amide bonds. The second-order valence-corrected chi connectivity index (χ2v) is 7.85. The van der Waals surface area contributed by atoms with Crippen molar-refractivity contribution < 1.29 is 24.0 Å². The Kier molecular flexibility index (Phi) is 5.43.